The fourth-order valence-electron chi connectivity index (χ4n) is 4.86. The highest BCUT2D eigenvalue weighted by atomic mass is 35.5. The molecule has 0 saturated heterocycles. The van der Waals surface area contributed by atoms with Crippen LogP contribution in [0.4, 0.5) is 4.79 Å². The molecule has 1 amide bonds. The predicted octanol–water partition coefficient (Wildman–Crippen LogP) is 4.98. The van der Waals surface area contributed by atoms with Crippen molar-refractivity contribution in [2.45, 2.75) is 44.4 Å². The molecule has 1 aliphatic carbocycles. The van der Waals surface area contributed by atoms with E-state index in [1.807, 2.05) is 54.6 Å². The standard InChI is InChI=1S/C26H28ClNO3Si/c1-26(2,3)32(19-12-6-4-7-13-19,20-14-8-5-9-15-20)31-24-22(30-25(28)29)17-18-11-10-16-21(27)23(18)24/h4-16,22,24H,17H2,1-3H3,(H2,28,29)/t22-,24+/m1/s1. The minimum absolute atomic E-state index is 0.225. The average molecular weight is 466 g/mol. The molecule has 4 nitrogen and oxygen atoms in total. The first-order valence-corrected chi connectivity index (χ1v) is 13.0. The number of nitrogens with two attached hydrogens (primary N) is 1. The van der Waals surface area contributed by atoms with E-state index in [0.717, 1.165) is 21.5 Å². The Morgan fingerprint density at radius 1 is 0.938 bits per heavy atom. The van der Waals surface area contributed by atoms with Crippen LogP contribution in [0.1, 0.15) is 38.0 Å². The third kappa shape index (κ3) is 3.96. The lowest BCUT2D eigenvalue weighted by molar-refractivity contribution is 0.0256. The molecule has 2 N–H and O–H groups in total. The van der Waals surface area contributed by atoms with Crippen molar-refractivity contribution in [3.8, 4) is 0 Å². The second-order valence-electron chi connectivity index (χ2n) is 9.19. The van der Waals surface area contributed by atoms with Crippen molar-refractivity contribution < 1.29 is 14.0 Å². The molecule has 3 aromatic rings. The predicted molar refractivity (Wildman–Crippen MR) is 131 cm³/mol. The van der Waals surface area contributed by atoms with Gasteiger partial charge in [-0.3, -0.25) is 0 Å². The number of hydrogen-bond donors (Lipinski definition) is 1. The third-order valence-electron chi connectivity index (χ3n) is 6.17. The normalized spacial score (nSPS) is 18.2. The van der Waals surface area contributed by atoms with Gasteiger partial charge >= 0.3 is 6.09 Å². The summed E-state index contributed by atoms with van der Waals surface area (Å²) in [6, 6.07) is 26.5. The number of hydrogen-bond acceptors (Lipinski definition) is 3. The highest BCUT2D eigenvalue weighted by Gasteiger charge is 2.54. The average Bonchev–Trinajstić information content (AvgIpc) is 3.09. The van der Waals surface area contributed by atoms with Gasteiger partial charge in [0.2, 0.25) is 0 Å². The number of ether oxygens (including phenoxy) is 1. The minimum Gasteiger partial charge on any atom is -0.443 e. The third-order valence-corrected chi connectivity index (χ3v) is 11.5. The summed E-state index contributed by atoms with van der Waals surface area (Å²) in [6.07, 6.45) is -1.35. The van der Waals surface area contributed by atoms with Crippen molar-refractivity contribution in [2.24, 2.45) is 5.73 Å². The zero-order valence-corrected chi connectivity index (χ0v) is 20.3. The monoisotopic (exact) mass is 465 g/mol. The van der Waals surface area contributed by atoms with E-state index < -0.39 is 26.6 Å². The molecule has 6 heteroatoms. The quantitative estimate of drug-likeness (QED) is 0.540. The first-order valence-electron chi connectivity index (χ1n) is 10.8. The number of carbonyl (C=O) groups excluding carboxylic acids is 1. The summed E-state index contributed by atoms with van der Waals surface area (Å²) in [6.45, 7) is 6.64. The van der Waals surface area contributed by atoms with Crippen LogP contribution >= 0.6 is 11.6 Å². The lowest BCUT2D eigenvalue weighted by Gasteiger charge is -2.45. The Balaban J connectivity index is 1.94. The Hall–Kier alpha value is -2.60. The van der Waals surface area contributed by atoms with Gasteiger partial charge in [0.15, 0.2) is 0 Å². The van der Waals surface area contributed by atoms with Gasteiger partial charge in [0.1, 0.15) is 12.2 Å². The van der Waals surface area contributed by atoms with Crippen LogP contribution in [-0.2, 0) is 15.6 Å². The van der Waals surface area contributed by atoms with Gasteiger partial charge in [-0.25, -0.2) is 4.79 Å². The van der Waals surface area contributed by atoms with Gasteiger partial charge in [-0.15, -0.1) is 0 Å². The molecule has 3 aromatic carbocycles. The summed E-state index contributed by atoms with van der Waals surface area (Å²) in [5, 5.41) is 2.69. The molecule has 0 bridgehead atoms. The van der Waals surface area contributed by atoms with Gasteiger partial charge in [0.05, 0.1) is 0 Å². The van der Waals surface area contributed by atoms with Gasteiger partial charge in [-0.05, 0) is 27.0 Å². The maximum absolute atomic E-state index is 11.8. The topological polar surface area (TPSA) is 61.6 Å². The Morgan fingerprint density at radius 3 is 2.00 bits per heavy atom. The lowest BCUT2D eigenvalue weighted by atomic mass is 10.1. The molecule has 32 heavy (non-hydrogen) atoms. The van der Waals surface area contributed by atoms with Crippen molar-refractivity contribution in [1.82, 2.24) is 0 Å². The number of halogens is 1. The van der Waals surface area contributed by atoms with Crippen LogP contribution in [-0.4, -0.2) is 20.5 Å². The zero-order valence-electron chi connectivity index (χ0n) is 18.5. The number of amides is 1. The number of benzene rings is 3. The van der Waals surface area contributed by atoms with Crippen molar-refractivity contribution in [2.75, 3.05) is 0 Å². The molecule has 0 fully saturated rings. The van der Waals surface area contributed by atoms with Crippen LogP contribution in [0.5, 0.6) is 0 Å². The maximum Gasteiger partial charge on any atom is 0.404 e. The van der Waals surface area contributed by atoms with Gasteiger partial charge < -0.3 is 14.9 Å². The number of carbonyl (C=O) groups is 1. The second-order valence-corrected chi connectivity index (χ2v) is 13.9. The number of primary amides is 1. The molecule has 0 aromatic heterocycles. The van der Waals surface area contributed by atoms with Crippen LogP contribution in [0.2, 0.25) is 10.1 Å². The lowest BCUT2D eigenvalue weighted by Crippen LogP contribution is -2.67. The van der Waals surface area contributed by atoms with Crippen LogP contribution in [0.15, 0.2) is 78.9 Å². The van der Waals surface area contributed by atoms with Crippen molar-refractivity contribution >= 4 is 36.4 Å². The summed E-state index contributed by atoms with van der Waals surface area (Å²) >= 11 is 6.67. The Bertz CT molecular complexity index is 1060. The van der Waals surface area contributed by atoms with Gasteiger partial charge in [-0.2, -0.15) is 0 Å². The molecule has 0 spiro atoms. The molecule has 0 saturated carbocycles. The van der Waals surface area contributed by atoms with Crippen LogP contribution < -0.4 is 16.1 Å². The molecule has 2 atom stereocenters. The fraction of sp³-hybridized carbons (Fsp3) is 0.269. The SMILES string of the molecule is CC(C)(C)[Si](O[C@@H]1c2c(Cl)cccc2C[C@H]1OC(N)=O)(c1ccccc1)c1ccccc1. The van der Waals surface area contributed by atoms with E-state index in [1.54, 1.807) is 0 Å². The molecular formula is C26H28ClNO3Si. The second kappa shape index (κ2) is 8.74. The highest BCUT2D eigenvalue weighted by molar-refractivity contribution is 6.99. The molecule has 1 aliphatic rings. The Morgan fingerprint density at radius 2 is 1.50 bits per heavy atom. The summed E-state index contributed by atoms with van der Waals surface area (Å²) in [5.41, 5.74) is 7.34. The number of fused-ring (bicyclic) bond motifs is 1. The van der Waals surface area contributed by atoms with Crippen molar-refractivity contribution in [3.63, 3.8) is 0 Å². The largest absolute Gasteiger partial charge is 0.443 e. The van der Waals surface area contributed by atoms with Crippen LogP contribution in [0.3, 0.4) is 0 Å². The number of rotatable bonds is 5. The van der Waals surface area contributed by atoms with Gasteiger partial charge in [0, 0.05) is 17.0 Å². The van der Waals surface area contributed by atoms with E-state index in [-0.39, 0.29) is 5.04 Å². The van der Waals surface area contributed by atoms with E-state index in [9.17, 15) is 4.79 Å². The van der Waals surface area contributed by atoms with Gasteiger partial charge in [0.25, 0.3) is 8.32 Å². The molecule has 0 unspecified atom stereocenters. The van der Waals surface area contributed by atoms with E-state index in [4.69, 9.17) is 26.5 Å². The maximum atomic E-state index is 11.8. The van der Waals surface area contributed by atoms with Crippen LogP contribution in [0.25, 0.3) is 0 Å². The molecule has 0 aliphatic heterocycles. The van der Waals surface area contributed by atoms with E-state index in [1.165, 1.54) is 0 Å². The molecule has 0 heterocycles. The molecule has 0 radical (unpaired) electrons. The van der Waals surface area contributed by atoms with E-state index >= 15 is 0 Å². The van der Waals surface area contributed by atoms with Crippen molar-refractivity contribution in [1.29, 1.82) is 0 Å². The van der Waals surface area contributed by atoms with Crippen molar-refractivity contribution in [3.05, 3.63) is 95.0 Å². The van der Waals surface area contributed by atoms with E-state index in [0.29, 0.717) is 11.4 Å². The van der Waals surface area contributed by atoms with E-state index in [2.05, 4.69) is 45.0 Å². The summed E-state index contributed by atoms with van der Waals surface area (Å²) in [4.78, 5) is 11.8. The summed E-state index contributed by atoms with van der Waals surface area (Å²) in [5.74, 6) is 0. The Kier molecular flexibility index (Phi) is 6.17. The first kappa shape index (κ1) is 22.6. The summed E-state index contributed by atoms with van der Waals surface area (Å²) in [7, 11) is -2.89. The smallest absolute Gasteiger partial charge is 0.404 e. The van der Waals surface area contributed by atoms with Gasteiger partial charge in [-0.1, -0.05) is 105 Å². The zero-order chi connectivity index (χ0) is 22.9. The molecule has 166 valence electrons. The molecular weight excluding hydrogens is 438 g/mol. The minimum atomic E-state index is -2.89. The fourth-order valence-corrected chi connectivity index (χ4v) is 9.82. The first-order chi connectivity index (χ1) is 15.2. The van der Waals surface area contributed by atoms with Crippen LogP contribution in [0, 0.1) is 0 Å². The summed E-state index contributed by atoms with van der Waals surface area (Å²) < 4.78 is 12.8. The Labute approximate surface area is 195 Å². The highest BCUT2D eigenvalue weighted by Crippen LogP contribution is 2.46. The molecule has 4 rings (SSSR count).